The van der Waals surface area contributed by atoms with Gasteiger partial charge >= 0.3 is 6.03 Å². The van der Waals surface area contributed by atoms with E-state index in [0.717, 1.165) is 50.3 Å². The number of benzene rings is 2. The van der Waals surface area contributed by atoms with Crippen molar-refractivity contribution in [2.24, 2.45) is 0 Å². The summed E-state index contributed by atoms with van der Waals surface area (Å²) in [6, 6.07) is 18.7. The average Bonchev–Trinajstić information content (AvgIpc) is 3.03. The van der Waals surface area contributed by atoms with Gasteiger partial charge in [-0.2, -0.15) is 4.48 Å². The van der Waals surface area contributed by atoms with Crippen LogP contribution >= 0.6 is 11.6 Å². The molecule has 1 atom stereocenters. The summed E-state index contributed by atoms with van der Waals surface area (Å²) >= 11 is 6.10. The Morgan fingerprint density at radius 3 is 2.36 bits per heavy atom. The second-order valence-corrected chi connectivity index (χ2v) is 8.18. The third kappa shape index (κ3) is 3.48. The number of hydrogen-bond donors (Lipinski definition) is 1. The number of amides is 2. The largest absolute Gasteiger partial charge is 0.430 e. The quantitative estimate of drug-likeness (QED) is 0.726. The van der Waals surface area contributed by atoms with E-state index in [1.54, 1.807) is 0 Å². The van der Waals surface area contributed by atoms with Crippen molar-refractivity contribution in [3.8, 4) is 0 Å². The predicted molar refractivity (Wildman–Crippen MR) is 115 cm³/mol. The summed E-state index contributed by atoms with van der Waals surface area (Å²) in [5, 5.41) is 3.65. The number of piperidine rings is 1. The number of urea groups is 1. The van der Waals surface area contributed by atoms with Crippen molar-refractivity contribution >= 4 is 23.3 Å². The van der Waals surface area contributed by atoms with E-state index in [2.05, 4.69) is 40.5 Å². The van der Waals surface area contributed by atoms with Gasteiger partial charge in [0.2, 0.25) is 0 Å². The van der Waals surface area contributed by atoms with Gasteiger partial charge in [-0.25, -0.2) is 4.79 Å². The van der Waals surface area contributed by atoms with Crippen molar-refractivity contribution in [3.05, 3.63) is 77.1 Å². The van der Waals surface area contributed by atoms with Crippen LogP contribution in [0.25, 0.3) is 0 Å². The van der Waals surface area contributed by atoms with Gasteiger partial charge in [0.1, 0.15) is 17.4 Å². The number of nitrogens with zero attached hydrogens (tertiary/aromatic N) is 2. The van der Waals surface area contributed by atoms with Gasteiger partial charge in [0.25, 0.3) is 0 Å². The highest BCUT2D eigenvalue weighted by molar-refractivity contribution is 6.30. The molecule has 1 N–H and O–H groups in total. The van der Waals surface area contributed by atoms with Crippen LogP contribution in [0.2, 0.25) is 5.02 Å². The molecule has 4 rings (SSSR count). The highest BCUT2D eigenvalue weighted by Gasteiger charge is 2.52. The standard InChI is InChI=1S/C23H26ClN3O/c1-18-17-25-23(28)27(18,21-9-7-20(24)8-10-21)22-12-15-26(16-13-22)14-11-19-5-3-2-4-6-19/h2-10,17,22H,11-16H2,1H3/p+1. The van der Waals surface area contributed by atoms with E-state index in [1.807, 2.05) is 37.4 Å². The van der Waals surface area contributed by atoms with Gasteiger partial charge < -0.3 is 4.90 Å². The molecule has 146 valence electrons. The zero-order valence-electron chi connectivity index (χ0n) is 16.3. The van der Waals surface area contributed by atoms with Crippen LogP contribution in [-0.4, -0.2) is 36.6 Å². The lowest BCUT2D eigenvalue weighted by molar-refractivity contribution is 0.146. The van der Waals surface area contributed by atoms with E-state index < -0.39 is 0 Å². The molecule has 1 fully saturated rings. The van der Waals surface area contributed by atoms with Crippen LogP contribution in [0.3, 0.4) is 0 Å². The molecule has 2 aliphatic rings. The van der Waals surface area contributed by atoms with Crippen LogP contribution in [0.15, 0.2) is 66.5 Å². The Balaban J connectivity index is 1.48. The molecule has 2 aromatic carbocycles. The number of halogens is 1. The molecular formula is C23H27ClN3O+. The Hall–Kier alpha value is -2.14. The highest BCUT2D eigenvalue weighted by atomic mass is 35.5. The molecule has 2 amide bonds. The molecule has 2 aliphatic heterocycles. The van der Waals surface area contributed by atoms with Crippen LogP contribution in [0.5, 0.6) is 0 Å². The van der Waals surface area contributed by atoms with Crippen molar-refractivity contribution in [1.29, 1.82) is 0 Å². The van der Waals surface area contributed by atoms with E-state index in [0.29, 0.717) is 5.02 Å². The lowest BCUT2D eigenvalue weighted by atomic mass is 9.98. The molecule has 0 spiro atoms. The zero-order chi connectivity index (χ0) is 19.6. The molecule has 1 saturated heterocycles. The molecule has 28 heavy (non-hydrogen) atoms. The van der Waals surface area contributed by atoms with Gasteiger partial charge in [-0.05, 0) is 24.1 Å². The number of quaternary nitrogens is 1. The molecule has 0 radical (unpaired) electrons. The van der Waals surface area contributed by atoms with E-state index in [9.17, 15) is 4.79 Å². The minimum absolute atomic E-state index is 0.0440. The van der Waals surface area contributed by atoms with Crippen molar-refractivity contribution < 1.29 is 4.79 Å². The number of nitrogens with one attached hydrogen (secondary N) is 1. The van der Waals surface area contributed by atoms with E-state index in [1.165, 1.54) is 5.56 Å². The first-order valence-corrected chi connectivity index (χ1v) is 10.4. The fourth-order valence-corrected chi connectivity index (χ4v) is 4.78. The third-order valence-electron chi connectivity index (χ3n) is 6.18. The first kappa shape index (κ1) is 19.2. The molecule has 0 aromatic heterocycles. The second kappa shape index (κ2) is 8.08. The Morgan fingerprint density at radius 1 is 1.07 bits per heavy atom. The summed E-state index contributed by atoms with van der Waals surface area (Å²) in [6.07, 6.45) is 4.92. The minimum atomic E-state index is 0.0440. The maximum atomic E-state index is 13.0. The summed E-state index contributed by atoms with van der Waals surface area (Å²) in [6.45, 7) is 5.16. The molecule has 1 unspecified atom stereocenters. The van der Waals surface area contributed by atoms with Crippen molar-refractivity contribution in [1.82, 2.24) is 14.7 Å². The van der Waals surface area contributed by atoms with Gasteiger partial charge in [0, 0.05) is 56.6 Å². The molecule has 0 saturated carbocycles. The minimum Gasteiger partial charge on any atom is -0.303 e. The SMILES string of the molecule is CC1=CNC(=O)[N+]1(c1ccc(Cl)cc1)C1CCN(CCc2ccccc2)CC1. The highest BCUT2D eigenvalue weighted by Crippen LogP contribution is 2.39. The second-order valence-electron chi connectivity index (χ2n) is 7.74. The number of hydrogen-bond acceptors (Lipinski definition) is 2. The van der Waals surface area contributed by atoms with Crippen molar-refractivity contribution in [2.45, 2.75) is 32.2 Å². The Labute approximate surface area is 172 Å². The van der Waals surface area contributed by atoms with E-state index in [-0.39, 0.29) is 16.6 Å². The Bertz CT molecular complexity index is 857. The van der Waals surface area contributed by atoms with Crippen LogP contribution in [0.1, 0.15) is 25.3 Å². The molecule has 4 nitrogen and oxygen atoms in total. The Kier molecular flexibility index (Phi) is 5.54. The number of likely N-dealkylation sites (tertiary alicyclic amines) is 1. The molecule has 0 aliphatic carbocycles. The van der Waals surface area contributed by atoms with Crippen molar-refractivity contribution in [3.63, 3.8) is 0 Å². The molecule has 2 aromatic rings. The first-order chi connectivity index (χ1) is 13.6. The van der Waals surface area contributed by atoms with Crippen LogP contribution < -0.4 is 9.80 Å². The van der Waals surface area contributed by atoms with Gasteiger partial charge in [0.15, 0.2) is 0 Å². The van der Waals surface area contributed by atoms with Crippen LogP contribution in [0.4, 0.5) is 10.5 Å². The van der Waals surface area contributed by atoms with Crippen molar-refractivity contribution in [2.75, 3.05) is 19.6 Å². The number of rotatable bonds is 5. The molecule has 0 bridgehead atoms. The van der Waals surface area contributed by atoms with Gasteiger partial charge in [-0.15, -0.1) is 0 Å². The lowest BCUT2D eigenvalue weighted by Gasteiger charge is -2.42. The monoisotopic (exact) mass is 396 g/mol. The van der Waals surface area contributed by atoms with E-state index in [4.69, 9.17) is 11.6 Å². The molecule has 2 heterocycles. The zero-order valence-corrected chi connectivity index (χ0v) is 17.0. The number of carbonyl (C=O) groups excluding carboxylic acids is 1. The number of allylic oxidation sites excluding steroid dienone is 1. The Morgan fingerprint density at radius 2 is 1.75 bits per heavy atom. The normalized spacial score (nSPS) is 23.5. The molecular weight excluding hydrogens is 370 g/mol. The van der Waals surface area contributed by atoms with Gasteiger partial charge in [-0.1, -0.05) is 41.9 Å². The van der Waals surface area contributed by atoms with Gasteiger partial charge in [-0.3, -0.25) is 5.32 Å². The average molecular weight is 397 g/mol. The summed E-state index contributed by atoms with van der Waals surface area (Å²) in [5.41, 5.74) is 3.43. The summed E-state index contributed by atoms with van der Waals surface area (Å²) in [5.74, 6) is 0. The fourth-order valence-electron chi connectivity index (χ4n) is 4.65. The fraction of sp³-hybridized carbons (Fsp3) is 0.348. The predicted octanol–water partition coefficient (Wildman–Crippen LogP) is 4.94. The maximum Gasteiger partial charge on any atom is 0.430 e. The lowest BCUT2D eigenvalue weighted by Crippen LogP contribution is -2.61. The summed E-state index contributed by atoms with van der Waals surface area (Å²) in [7, 11) is 0. The summed E-state index contributed by atoms with van der Waals surface area (Å²) in [4.78, 5) is 15.6. The topological polar surface area (TPSA) is 32.3 Å². The van der Waals surface area contributed by atoms with Crippen LogP contribution in [0, 0.1) is 0 Å². The van der Waals surface area contributed by atoms with E-state index >= 15 is 0 Å². The smallest absolute Gasteiger partial charge is 0.303 e. The van der Waals surface area contributed by atoms with Gasteiger partial charge in [0.05, 0.1) is 6.20 Å². The molecule has 5 heteroatoms. The van der Waals surface area contributed by atoms with Crippen LogP contribution in [-0.2, 0) is 6.42 Å². The summed E-state index contributed by atoms with van der Waals surface area (Å²) < 4.78 is 0.281. The third-order valence-corrected chi connectivity index (χ3v) is 6.43. The first-order valence-electron chi connectivity index (χ1n) is 10.0. The number of carbonyl (C=O) groups is 1. The maximum absolute atomic E-state index is 13.0.